The molecule has 10 heteroatoms. The Morgan fingerprint density at radius 2 is 1.54 bits per heavy atom. The average molecular weight is 543 g/mol. The van der Waals surface area contributed by atoms with Gasteiger partial charge in [0.2, 0.25) is 5.91 Å². The number of halogens is 3. The van der Waals surface area contributed by atoms with Crippen LogP contribution in [0, 0.1) is 17.5 Å². The molecule has 5 rings (SSSR count). The van der Waals surface area contributed by atoms with Gasteiger partial charge in [-0.1, -0.05) is 0 Å². The smallest absolute Gasteiger partial charge is 0.224 e. The molecule has 0 aliphatic carbocycles. The van der Waals surface area contributed by atoms with E-state index >= 15 is 0 Å². The minimum atomic E-state index is -1.13. The molecule has 39 heavy (non-hydrogen) atoms. The Morgan fingerprint density at radius 1 is 0.846 bits per heavy atom. The van der Waals surface area contributed by atoms with E-state index in [0.717, 1.165) is 0 Å². The van der Waals surface area contributed by atoms with Gasteiger partial charge in [-0.3, -0.25) is 4.79 Å². The van der Waals surface area contributed by atoms with E-state index in [9.17, 15) is 23.1 Å². The molecule has 0 bridgehead atoms. The van der Waals surface area contributed by atoms with Gasteiger partial charge in [-0.25, -0.2) is 13.2 Å². The minimum absolute atomic E-state index is 0.00209. The number of anilines is 2. The van der Waals surface area contributed by atoms with Gasteiger partial charge in [-0.05, 0) is 67.8 Å². The molecule has 0 aromatic heterocycles. The summed E-state index contributed by atoms with van der Waals surface area (Å²) in [4.78, 5) is 13.5. The largest absolute Gasteiger partial charge is 0.490 e. The first kappa shape index (κ1) is 26.7. The van der Waals surface area contributed by atoms with Crippen LogP contribution in [0.5, 0.6) is 17.2 Å². The lowest BCUT2D eigenvalue weighted by Crippen LogP contribution is -2.48. The molecule has 1 fully saturated rings. The second kappa shape index (κ2) is 11.4. The van der Waals surface area contributed by atoms with Crippen LogP contribution in [0.3, 0.4) is 0 Å². The Labute approximate surface area is 224 Å². The SMILES string of the molecule is O=C1CCc2c(OCC3(O)CCN(c4ccc(OCCOc5ccc(F)cc5)cc4F)CC3)ccc(F)c2N1. The lowest BCUT2D eigenvalue weighted by molar-refractivity contribution is -0.116. The van der Waals surface area contributed by atoms with Gasteiger partial charge in [0.25, 0.3) is 0 Å². The molecule has 2 N–H and O–H groups in total. The molecule has 0 unspecified atom stereocenters. The number of nitrogens with one attached hydrogen (secondary N) is 1. The number of benzene rings is 3. The number of carbonyl (C=O) groups is 1. The van der Waals surface area contributed by atoms with Crippen molar-refractivity contribution < 1.29 is 37.3 Å². The molecule has 7 nitrogen and oxygen atoms in total. The molecule has 2 heterocycles. The number of nitrogens with zero attached hydrogens (tertiary/aromatic N) is 1. The fourth-order valence-electron chi connectivity index (χ4n) is 4.76. The number of carbonyl (C=O) groups excluding carboxylic acids is 1. The summed E-state index contributed by atoms with van der Waals surface area (Å²) >= 11 is 0. The number of hydrogen-bond acceptors (Lipinski definition) is 6. The third kappa shape index (κ3) is 6.39. The van der Waals surface area contributed by atoms with Crippen molar-refractivity contribution in [3.8, 4) is 17.2 Å². The highest BCUT2D eigenvalue weighted by Gasteiger charge is 2.34. The predicted molar refractivity (Wildman–Crippen MR) is 139 cm³/mol. The van der Waals surface area contributed by atoms with Gasteiger partial charge in [0.05, 0.1) is 11.4 Å². The van der Waals surface area contributed by atoms with Crippen molar-refractivity contribution in [2.75, 3.05) is 43.1 Å². The maximum atomic E-state index is 14.9. The summed E-state index contributed by atoms with van der Waals surface area (Å²) in [5.74, 6) is -0.231. The quantitative estimate of drug-likeness (QED) is 0.376. The van der Waals surface area contributed by atoms with Gasteiger partial charge < -0.3 is 29.5 Å². The van der Waals surface area contributed by atoms with Gasteiger partial charge in [-0.15, -0.1) is 0 Å². The van der Waals surface area contributed by atoms with Crippen molar-refractivity contribution in [2.45, 2.75) is 31.3 Å². The first-order valence-corrected chi connectivity index (χ1v) is 12.8. The van der Waals surface area contributed by atoms with Crippen LogP contribution < -0.4 is 24.4 Å². The van der Waals surface area contributed by atoms with E-state index in [-0.39, 0.29) is 43.7 Å². The summed E-state index contributed by atoms with van der Waals surface area (Å²) < 4.78 is 58.9. The molecule has 206 valence electrons. The maximum Gasteiger partial charge on any atom is 0.224 e. The standard InChI is InChI=1S/C29H29F3N2O5/c30-19-1-3-20(4-2-19)37-15-16-38-21-5-8-25(24(32)17-21)34-13-11-29(36,12-14-34)18-39-26-9-7-23(31)28-22(26)6-10-27(35)33-28/h1-5,7-9,17,36H,6,10-16,18H2,(H,33,35). The molecule has 0 radical (unpaired) electrons. The lowest BCUT2D eigenvalue weighted by atomic mass is 9.92. The number of hydrogen-bond donors (Lipinski definition) is 2. The van der Waals surface area contributed by atoms with Crippen molar-refractivity contribution in [1.29, 1.82) is 0 Å². The number of rotatable bonds is 9. The third-order valence-corrected chi connectivity index (χ3v) is 6.97. The van der Waals surface area contributed by atoms with E-state index in [2.05, 4.69) is 5.32 Å². The van der Waals surface area contributed by atoms with Crippen molar-refractivity contribution >= 4 is 17.3 Å². The first-order valence-electron chi connectivity index (χ1n) is 12.8. The molecule has 0 atom stereocenters. The van der Waals surface area contributed by atoms with Crippen LogP contribution >= 0.6 is 0 Å². The van der Waals surface area contributed by atoms with Crippen LogP contribution in [0.1, 0.15) is 24.8 Å². The second-order valence-corrected chi connectivity index (χ2v) is 9.71. The number of ether oxygens (including phenoxy) is 3. The van der Waals surface area contributed by atoms with Gasteiger partial charge in [0.15, 0.2) is 0 Å². The molecule has 1 saturated heterocycles. The maximum absolute atomic E-state index is 14.9. The topological polar surface area (TPSA) is 80.3 Å². The van der Waals surface area contributed by atoms with Gasteiger partial charge >= 0.3 is 0 Å². The molecule has 2 aliphatic rings. The Hall–Kier alpha value is -3.92. The van der Waals surface area contributed by atoms with Crippen molar-refractivity contribution in [3.05, 3.63) is 77.6 Å². The van der Waals surface area contributed by atoms with Gasteiger partial charge in [-0.2, -0.15) is 0 Å². The Kier molecular flexibility index (Phi) is 7.83. The van der Waals surface area contributed by atoms with E-state index in [1.54, 1.807) is 12.1 Å². The highest BCUT2D eigenvalue weighted by molar-refractivity contribution is 5.94. The van der Waals surface area contributed by atoms with Crippen LogP contribution in [0.25, 0.3) is 0 Å². The molecule has 3 aromatic carbocycles. The number of aliphatic hydroxyl groups is 1. The molecular weight excluding hydrogens is 513 g/mol. The molecule has 2 aliphatic heterocycles. The summed E-state index contributed by atoms with van der Waals surface area (Å²) in [5, 5.41) is 13.6. The highest BCUT2D eigenvalue weighted by atomic mass is 19.1. The summed E-state index contributed by atoms with van der Waals surface area (Å²) in [5.41, 5.74) is 0.00633. The van der Waals surface area contributed by atoms with Crippen LogP contribution in [-0.2, 0) is 11.2 Å². The summed E-state index contributed by atoms with van der Waals surface area (Å²) in [7, 11) is 0. The van der Waals surface area contributed by atoms with E-state index in [4.69, 9.17) is 14.2 Å². The Morgan fingerprint density at radius 3 is 2.26 bits per heavy atom. The van der Waals surface area contributed by atoms with Crippen LogP contribution in [0.15, 0.2) is 54.6 Å². The fraction of sp³-hybridized carbons (Fsp3) is 0.345. The molecule has 0 saturated carbocycles. The van der Waals surface area contributed by atoms with Crippen molar-refractivity contribution in [2.24, 2.45) is 0 Å². The fourth-order valence-corrected chi connectivity index (χ4v) is 4.76. The summed E-state index contributed by atoms with van der Waals surface area (Å²) in [6, 6.07) is 13.0. The van der Waals surface area contributed by atoms with E-state index in [0.29, 0.717) is 60.9 Å². The normalized spacial score (nSPS) is 16.3. The zero-order valence-electron chi connectivity index (χ0n) is 21.2. The molecule has 0 spiro atoms. The second-order valence-electron chi connectivity index (χ2n) is 9.71. The minimum Gasteiger partial charge on any atom is -0.490 e. The van der Waals surface area contributed by atoms with Gasteiger partial charge in [0.1, 0.15) is 60.1 Å². The van der Waals surface area contributed by atoms with Gasteiger partial charge in [0, 0.05) is 31.1 Å². The monoisotopic (exact) mass is 542 g/mol. The van der Waals surface area contributed by atoms with Crippen molar-refractivity contribution in [3.63, 3.8) is 0 Å². The first-order chi connectivity index (χ1) is 18.8. The molecular formula is C29H29F3N2O5. The Bertz CT molecular complexity index is 1330. The zero-order valence-corrected chi connectivity index (χ0v) is 21.2. The number of amides is 1. The predicted octanol–water partition coefficient (Wildman–Crippen LogP) is 4.86. The van der Waals surface area contributed by atoms with E-state index < -0.39 is 17.2 Å². The van der Waals surface area contributed by atoms with Crippen LogP contribution in [-0.4, -0.2) is 49.5 Å². The van der Waals surface area contributed by atoms with E-state index in [1.165, 1.54) is 42.5 Å². The number of piperidine rings is 1. The summed E-state index contributed by atoms with van der Waals surface area (Å²) in [6.45, 7) is 1.25. The average Bonchev–Trinajstić information content (AvgIpc) is 2.93. The van der Waals surface area contributed by atoms with E-state index in [1.807, 2.05) is 4.90 Å². The summed E-state index contributed by atoms with van der Waals surface area (Å²) in [6.07, 6.45) is 1.31. The van der Waals surface area contributed by atoms with Crippen LogP contribution in [0.2, 0.25) is 0 Å². The Balaban J connectivity index is 1.11. The molecule has 1 amide bonds. The van der Waals surface area contributed by atoms with Crippen LogP contribution in [0.4, 0.5) is 24.5 Å². The molecule has 3 aromatic rings. The zero-order chi connectivity index (χ0) is 27.4. The number of fused-ring (bicyclic) bond motifs is 1. The van der Waals surface area contributed by atoms with Crippen molar-refractivity contribution in [1.82, 2.24) is 0 Å². The highest BCUT2D eigenvalue weighted by Crippen LogP contribution is 2.35. The third-order valence-electron chi connectivity index (χ3n) is 6.97. The lowest BCUT2D eigenvalue weighted by Gasteiger charge is -2.39.